The fourth-order valence-corrected chi connectivity index (χ4v) is 5.57. The number of ether oxygens (including phenoxy) is 2. The van der Waals surface area contributed by atoms with Crippen LogP contribution < -0.4 is 0 Å². The zero-order chi connectivity index (χ0) is 14.2. The molecular formula is C15H20O4S. The highest BCUT2D eigenvalue weighted by Gasteiger charge is 2.53. The molecule has 20 heavy (non-hydrogen) atoms. The Hall–Kier alpha value is -0.910. The predicted molar refractivity (Wildman–Crippen MR) is 75.4 cm³/mol. The van der Waals surface area contributed by atoms with Crippen LogP contribution in [0.25, 0.3) is 0 Å². The van der Waals surface area contributed by atoms with Gasteiger partial charge in [-0.15, -0.1) is 0 Å². The van der Waals surface area contributed by atoms with E-state index < -0.39 is 20.7 Å². The Balaban J connectivity index is 2.00. The summed E-state index contributed by atoms with van der Waals surface area (Å²) >= 11 is 0. The van der Waals surface area contributed by atoms with Gasteiger partial charge >= 0.3 is 0 Å². The van der Waals surface area contributed by atoms with Crippen molar-refractivity contribution in [2.75, 3.05) is 13.2 Å². The van der Waals surface area contributed by atoms with E-state index in [1.54, 1.807) is 24.3 Å². The van der Waals surface area contributed by atoms with Gasteiger partial charge in [0.2, 0.25) is 0 Å². The smallest absolute Gasteiger partial charge is 0.184 e. The van der Waals surface area contributed by atoms with E-state index in [1.807, 2.05) is 13.0 Å². The summed E-state index contributed by atoms with van der Waals surface area (Å²) in [5.74, 6) is 0. The van der Waals surface area contributed by atoms with Crippen molar-refractivity contribution in [2.24, 2.45) is 0 Å². The highest BCUT2D eigenvalue weighted by molar-refractivity contribution is 7.92. The second kappa shape index (κ2) is 5.13. The van der Waals surface area contributed by atoms with Gasteiger partial charge in [-0.25, -0.2) is 8.42 Å². The molecule has 1 aliphatic heterocycles. The molecule has 1 aliphatic carbocycles. The van der Waals surface area contributed by atoms with E-state index in [-0.39, 0.29) is 6.10 Å². The summed E-state index contributed by atoms with van der Waals surface area (Å²) < 4.78 is 37.5. The minimum atomic E-state index is -3.40. The minimum Gasteiger partial charge on any atom is -0.373 e. The van der Waals surface area contributed by atoms with Crippen molar-refractivity contribution in [1.82, 2.24) is 0 Å². The highest BCUT2D eigenvalue weighted by atomic mass is 32.2. The maximum absolute atomic E-state index is 12.9. The lowest BCUT2D eigenvalue weighted by atomic mass is 9.82. The molecular weight excluding hydrogens is 276 g/mol. The standard InChI is InChI=1S/C15H20O4S/c1-15-13(18-10-11-19-15)8-5-9-14(15)20(16,17)12-6-3-2-4-7-12/h2-4,6-7,13-14H,5,8-11H2,1H3. The maximum Gasteiger partial charge on any atom is 0.184 e. The third kappa shape index (κ3) is 2.18. The molecule has 3 unspecified atom stereocenters. The molecule has 5 heteroatoms. The Morgan fingerprint density at radius 1 is 1.15 bits per heavy atom. The normalized spacial score (nSPS) is 34.5. The van der Waals surface area contributed by atoms with Gasteiger partial charge in [0.05, 0.1) is 29.5 Å². The number of benzene rings is 1. The molecule has 0 aromatic heterocycles. The van der Waals surface area contributed by atoms with Crippen LogP contribution in [0.15, 0.2) is 35.2 Å². The van der Waals surface area contributed by atoms with Gasteiger partial charge in [-0.05, 0) is 38.3 Å². The zero-order valence-corrected chi connectivity index (χ0v) is 12.4. The van der Waals surface area contributed by atoms with Gasteiger partial charge < -0.3 is 9.47 Å². The fraction of sp³-hybridized carbons (Fsp3) is 0.600. The Bertz CT molecular complexity index is 567. The Kier molecular flexibility index (Phi) is 3.60. The van der Waals surface area contributed by atoms with Crippen LogP contribution in [0, 0.1) is 0 Å². The zero-order valence-electron chi connectivity index (χ0n) is 11.6. The van der Waals surface area contributed by atoms with E-state index in [1.165, 1.54) is 0 Å². The first-order valence-corrected chi connectivity index (χ1v) is 8.64. The Morgan fingerprint density at radius 2 is 1.90 bits per heavy atom. The van der Waals surface area contributed by atoms with Gasteiger partial charge in [0, 0.05) is 0 Å². The molecule has 0 amide bonds. The van der Waals surface area contributed by atoms with Crippen molar-refractivity contribution < 1.29 is 17.9 Å². The number of hydrogen-bond donors (Lipinski definition) is 0. The summed E-state index contributed by atoms with van der Waals surface area (Å²) in [5, 5.41) is -0.531. The lowest BCUT2D eigenvalue weighted by Gasteiger charge is -2.48. The molecule has 3 atom stereocenters. The van der Waals surface area contributed by atoms with Crippen LogP contribution in [0.5, 0.6) is 0 Å². The third-order valence-corrected chi connectivity index (χ3v) is 6.86. The molecule has 0 bridgehead atoms. The van der Waals surface area contributed by atoms with Crippen LogP contribution in [-0.4, -0.2) is 38.6 Å². The van der Waals surface area contributed by atoms with Crippen molar-refractivity contribution in [3.8, 4) is 0 Å². The topological polar surface area (TPSA) is 52.6 Å². The van der Waals surface area contributed by atoms with Crippen LogP contribution in [-0.2, 0) is 19.3 Å². The van der Waals surface area contributed by atoms with Crippen molar-refractivity contribution in [2.45, 2.75) is 48.0 Å². The second-order valence-corrected chi connectivity index (χ2v) is 7.80. The molecule has 1 aromatic carbocycles. The molecule has 1 saturated carbocycles. The van der Waals surface area contributed by atoms with E-state index in [2.05, 4.69) is 0 Å². The van der Waals surface area contributed by atoms with Crippen molar-refractivity contribution in [3.63, 3.8) is 0 Å². The van der Waals surface area contributed by atoms with Crippen LogP contribution in [0.3, 0.4) is 0 Å². The second-order valence-electron chi connectivity index (χ2n) is 5.67. The van der Waals surface area contributed by atoms with Crippen LogP contribution in [0.1, 0.15) is 26.2 Å². The molecule has 1 aromatic rings. The highest BCUT2D eigenvalue weighted by Crippen LogP contribution is 2.41. The molecule has 4 nitrogen and oxygen atoms in total. The minimum absolute atomic E-state index is 0.117. The monoisotopic (exact) mass is 296 g/mol. The summed E-state index contributed by atoms with van der Waals surface area (Å²) in [4.78, 5) is 0.376. The van der Waals surface area contributed by atoms with Crippen molar-refractivity contribution in [1.29, 1.82) is 0 Å². The average molecular weight is 296 g/mol. The van der Waals surface area contributed by atoms with E-state index in [0.717, 1.165) is 12.8 Å². The van der Waals surface area contributed by atoms with E-state index in [0.29, 0.717) is 24.5 Å². The van der Waals surface area contributed by atoms with Gasteiger partial charge in [0.1, 0.15) is 5.60 Å². The molecule has 0 N–H and O–H groups in total. The average Bonchev–Trinajstić information content (AvgIpc) is 2.47. The predicted octanol–water partition coefficient (Wildman–Crippen LogP) is 2.19. The molecule has 2 fully saturated rings. The summed E-state index contributed by atoms with van der Waals surface area (Å²) in [6, 6.07) is 8.66. The Morgan fingerprint density at radius 3 is 2.65 bits per heavy atom. The molecule has 2 aliphatic rings. The number of sulfone groups is 1. The summed E-state index contributed by atoms with van der Waals surface area (Å²) in [5.41, 5.74) is -0.731. The number of hydrogen-bond acceptors (Lipinski definition) is 4. The lowest BCUT2D eigenvalue weighted by Crippen LogP contribution is -2.60. The summed E-state index contributed by atoms with van der Waals surface area (Å²) in [6.45, 7) is 2.91. The SMILES string of the molecule is CC12OCCOC1CCCC2S(=O)(=O)c1ccccc1. The fourth-order valence-electron chi connectivity index (χ4n) is 3.39. The van der Waals surface area contributed by atoms with Crippen molar-refractivity contribution in [3.05, 3.63) is 30.3 Å². The summed E-state index contributed by atoms with van der Waals surface area (Å²) in [7, 11) is -3.40. The van der Waals surface area contributed by atoms with Gasteiger partial charge in [-0.1, -0.05) is 18.2 Å². The third-order valence-electron chi connectivity index (χ3n) is 4.47. The lowest BCUT2D eigenvalue weighted by molar-refractivity contribution is -0.207. The van der Waals surface area contributed by atoms with Gasteiger partial charge in [0.15, 0.2) is 9.84 Å². The van der Waals surface area contributed by atoms with Crippen LogP contribution >= 0.6 is 0 Å². The van der Waals surface area contributed by atoms with E-state index in [4.69, 9.17) is 9.47 Å². The van der Waals surface area contributed by atoms with Crippen LogP contribution in [0.2, 0.25) is 0 Å². The molecule has 1 saturated heterocycles. The molecule has 0 radical (unpaired) electrons. The maximum atomic E-state index is 12.9. The van der Waals surface area contributed by atoms with Gasteiger partial charge in [0.25, 0.3) is 0 Å². The first-order valence-electron chi connectivity index (χ1n) is 7.09. The number of fused-ring (bicyclic) bond motifs is 1. The van der Waals surface area contributed by atoms with E-state index >= 15 is 0 Å². The molecule has 110 valence electrons. The molecule has 1 heterocycles. The van der Waals surface area contributed by atoms with E-state index in [9.17, 15) is 8.42 Å². The largest absolute Gasteiger partial charge is 0.373 e. The van der Waals surface area contributed by atoms with Gasteiger partial charge in [-0.3, -0.25) is 0 Å². The summed E-state index contributed by atoms with van der Waals surface area (Å²) in [6.07, 6.45) is 2.25. The quantitative estimate of drug-likeness (QED) is 0.839. The first kappa shape index (κ1) is 14.0. The number of rotatable bonds is 2. The van der Waals surface area contributed by atoms with Crippen molar-refractivity contribution >= 4 is 9.84 Å². The molecule has 0 spiro atoms. The Labute approximate surface area is 120 Å². The molecule has 3 rings (SSSR count). The first-order chi connectivity index (χ1) is 9.55. The van der Waals surface area contributed by atoms with Crippen LogP contribution in [0.4, 0.5) is 0 Å². The van der Waals surface area contributed by atoms with Gasteiger partial charge in [-0.2, -0.15) is 0 Å².